The average molecular weight is 619 g/mol. The lowest BCUT2D eigenvalue weighted by atomic mass is 10.2. The lowest BCUT2D eigenvalue weighted by Gasteiger charge is -2.26. The first-order valence-corrected chi connectivity index (χ1v) is 15.5. The first kappa shape index (κ1) is 34.5. The number of nitrogens with one attached hydrogen (secondary N) is 3. The molecule has 41 heavy (non-hydrogen) atoms. The summed E-state index contributed by atoms with van der Waals surface area (Å²) in [7, 11) is 0. The molecule has 1 aromatic rings. The Kier molecular flexibility index (Phi) is 13.0. The van der Waals surface area contributed by atoms with Crippen LogP contribution in [-0.2, 0) is 25.6 Å². The topological polar surface area (TPSA) is 126 Å². The van der Waals surface area contributed by atoms with Gasteiger partial charge in [0, 0.05) is 42.6 Å². The molecule has 3 N–H and O–H groups in total. The molecular formula is C27H40F2N4O6S2. The van der Waals surface area contributed by atoms with Gasteiger partial charge in [0.25, 0.3) is 0 Å². The second-order valence-corrected chi connectivity index (χ2v) is 13.6. The predicted molar refractivity (Wildman–Crippen MR) is 156 cm³/mol. The van der Waals surface area contributed by atoms with Crippen molar-refractivity contribution in [2.45, 2.75) is 71.4 Å². The van der Waals surface area contributed by atoms with Crippen LogP contribution in [0.15, 0.2) is 18.2 Å². The molecule has 3 rings (SSSR count). The molecule has 10 nitrogen and oxygen atoms in total. The zero-order chi connectivity index (χ0) is 30.8. The number of hydrogen-bond donors (Lipinski definition) is 3. The van der Waals surface area contributed by atoms with Gasteiger partial charge in [-0.15, -0.1) is 0 Å². The van der Waals surface area contributed by atoms with Crippen molar-refractivity contribution in [2.24, 2.45) is 0 Å². The fourth-order valence-corrected chi connectivity index (χ4v) is 5.41. The highest BCUT2D eigenvalue weighted by molar-refractivity contribution is 7.99. The number of halogens is 2. The third-order valence-electron chi connectivity index (χ3n) is 5.29. The molecule has 0 saturated carbocycles. The van der Waals surface area contributed by atoms with Crippen molar-refractivity contribution in [3.05, 3.63) is 35.4 Å². The Bertz CT molecular complexity index is 1080. The maximum absolute atomic E-state index is 13.4. The van der Waals surface area contributed by atoms with Gasteiger partial charge in [0.05, 0.1) is 0 Å². The van der Waals surface area contributed by atoms with E-state index in [1.807, 2.05) is 0 Å². The lowest BCUT2D eigenvalue weighted by molar-refractivity contribution is -0.133. The quantitative estimate of drug-likeness (QED) is 0.467. The normalized spacial score (nSPS) is 20.0. The Morgan fingerprint density at radius 1 is 0.927 bits per heavy atom. The van der Waals surface area contributed by atoms with E-state index in [9.17, 15) is 28.0 Å². The van der Waals surface area contributed by atoms with E-state index in [2.05, 4.69) is 16.0 Å². The van der Waals surface area contributed by atoms with Crippen molar-refractivity contribution in [1.29, 1.82) is 0 Å². The summed E-state index contributed by atoms with van der Waals surface area (Å²) in [5.41, 5.74) is -0.704. The molecule has 1 aromatic carbocycles. The highest BCUT2D eigenvalue weighted by atomic mass is 32.2. The van der Waals surface area contributed by atoms with Gasteiger partial charge < -0.3 is 30.3 Å². The van der Waals surface area contributed by atoms with Crippen LogP contribution in [0.5, 0.6) is 0 Å². The predicted octanol–water partition coefficient (Wildman–Crippen LogP) is 3.68. The van der Waals surface area contributed by atoms with Crippen LogP contribution < -0.4 is 16.0 Å². The number of carbonyl (C=O) groups is 4. The largest absolute Gasteiger partial charge is 0.444 e. The number of benzene rings is 1. The van der Waals surface area contributed by atoms with Gasteiger partial charge >= 0.3 is 12.2 Å². The highest BCUT2D eigenvalue weighted by Gasteiger charge is 2.30. The summed E-state index contributed by atoms with van der Waals surface area (Å²) in [4.78, 5) is 49.1. The molecule has 0 radical (unpaired) electrons. The van der Waals surface area contributed by atoms with Crippen LogP contribution in [-0.4, -0.2) is 88.3 Å². The molecule has 230 valence electrons. The summed E-state index contributed by atoms with van der Waals surface area (Å²) in [5.74, 6) is 0.317. The minimum absolute atomic E-state index is 0.143. The second kappa shape index (κ2) is 15.5. The maximum atomic E-state index is 13.4. The van der Waals surface area contributed by atoms with Crippen LogP contribution in [0.3, 0.4) is 0 Å². The molecule has 2 saturated heterocycles. The number of rotatable bonds is 4. The van der Waals surface area contributed by atoms with E-state index in [0.29, 0.717) is 35.9 Å². The van der Waals surface area contributed by atoms with Gasteiger partial charge in [-0.2, -0.15) is 23.5 Å². The smallest absolute Gasteiger partial charge is 0.408 e. The number of hydrogen-bond acceptors (Lipinski definition) is 8. The molecule has 2 fully saturated rings. The number of alkyl carbamates (subject to hydrolysis) is 2. The van der Waals surface area contributed by atoms with Crippen molar-refractivity contribution < 1.29 is 37.4 Å². The van der Waals surface area contributed by atoms with Gasteiger partial charge in [0.2, 0.25) is 11.8 Å². The van der Waals surface area contributed by atoms with Crippen molar-refractivity contribution in [1.82, 2.24) is 20.9 Å². The number of nitrogens with zero attached hydrogens (tertiary/aromatic N) is 1. The zero-order valence-electron chi connectivity index (χ0n) is 24.3. The molecular weight excluding hydrogens is 578 g/mol. The molecule has 0 aromatic heterocycles. The summed E-state index contributed by atoms with van der Waals surface area (Å²) in [6, 6.07) is 2.35. The molecule has 2 unspecified atom stereocenters. The molecule has 2 aliphatic rings. The van der Waals surface area contributed by atoms with E-state index in [1.165, 1.54) is 11.0 Å². The second-order valence-electron chi connectivity index (χ2n) is 11.3. The average Bonchev–Trinajstić information content (AvgIpc) is 3.13. The van der Waals surface area contributed by atoms with E-state index in [4.69, 9.17) is 9.47 Å². The van der Waals surface area contributed by atoms with Gasteiger partial charge in [-0.25, -0.2) is 18.4 Å². The summed E-state index contributed by atoms with van der Waals surface area (Å²) >= 11 is 3.17. The van der Waals surface area contributed by atoms with Crippen molar-refractivity contribution in [3.8, 4) is 0 Å². The van der Waals surface area contributed by atoms with Crippen molar-refractivity contribution >= 4 is 47.5 Å². The fourth-order valence-electron chi connectivity index (χ4n) is 3.55. The first-order chi connectivity index (χ1) is 19.0. The summed E-state index contributed by atoms with van der Waals surface area (Å²) in [6.07, 6.45) is -1.20. The Morgan fingerprint density at radius 2 is 1.49 bits per heavy atom. The zero-order valence-corrected chi connectivity index (χ0v) is 25.9. The van der Waals surface area contributed by atoms with Crippen LogP contribution in [0, 0.1) is 11.6 Å². The van der Waals surface area contributed by atoms with Crippen LogP contribution in [0.2, 0.25) is 0 Å². The Hall–Kier alpha value is -2.74. The maximum Gasteiger partial charge on any atom is 0.408 e. The van der Waals surface area contributed by atoms with Crippen LogP contribution in [0.4, 0.5) is 18.4 Å². The van der Waals surface area contributed by atoms with Gasteiger partial charge in [0.15, 0.2) is 11.6 Å². The SMILES string of the molecule is CC(C)(C)OC(=O)NC1CSCCN(Cc2ccc(F)c(F)c2)C1=O.CC(C)(C)OC(=O)NC1CSCCNC1=O. The third-order valence-corrected chi connectivity index (χ3v) is 7.39. The third kappa shape index (κ3) is 13.2. The van der Waals surface area contributed by atoms with E-state index in [0.717, 1.165) is 17.9 Å². The molecule has 0 aliphatic carbocycles. The molecule has 0 bridgehead atoms. The molecule has 14 heteroatoms. The van der Waals surface area contributed by atoms with Crippen molar-refractivity contribution in [2.75, 3.05) is 36.1 Å². The Labute approximate surface area is 248 Å². The van der Waals surface area contributed by atoms with E-state index >= 15 is 0 Å². The molecule has 2 atom stereocenters. The number of thioether (sulfide) groups is 2. The van der Waals surface area contributed by atoms with Crippen LogP contribution in [0.1, 0.15) is 47.1 Å². The van der Waals surface area contributed by atoms with E-state index in [-0.39, 0.29) is 18.4 Å². The molecule has 2 aliphatic heterocycles. The van der Waals surface area contributed by atoms with Gasteiger partial charge in [-0.1, -0.05) is 6.07 Å². The van der Waals surface area contributed by atoms with Gasteiger partial charge in [-0.05, 0) is 59.2 Å². The minimum Gasteiger partial charge on any atom is -0.444 e. The fraction of sp³-hybridized carbons (Fsp3) is 0.630. The van der Waals surface area contributed by atoms with Gasteiger partial charge in [0.1, 0.15) is 23.3 Å². The molecule has 0 spiro atoms. The standard InChI is InChI=1S/C17H22F2N2O3S.C10H18N2O3S/c1-17(2,3)24-16(23)20-14-10-25-7-6-21(15(14)22)9-11-4-5-12(18)13(19)8-11;1-10(2,3)15-9(14)12-7-6-16-5-4-11-8(7)13/h4-5,8,14H,6-7,9-10H2,1-3H3,(H,20,23);7H,4-6H2,1-3H3,(H,11,13)(H,12,14). The monoisotopic (exact) mass is 618 g/mol. The van der Waals surface area contributed by atoms with E-state index in [1.54, 1.807) is 65.1 Å². The van der Waals surface area contributed by atoms with Crippen molar-refractivity contribution in [3.63, 3.8) is 0 Å². The minimum atomic E-state index is -0.947. The molecule has 2 heterocycles. The Balaban J connectivity index is 0.000000317. The summed E-state index contributed by atoms with van der Waals surface area (Å²) < 4.78 is 36.7. The number of carbonyl (C=O) groups excluding carboxylic acids is 4. The van der Waals surface area contributed by atoms with Crippen LogP contribution >= 0.6 is 23.5 Å². The lowest BCUT2D eigenvalue weighted by Crippen LogP contribution is -2.49. The summed E-state index contributed by atoms with van der Waals surface area (Å²) in [6.45, 7) is 11.9. The number of amides is 4. The van der Waals surface area contributed by atoms with E-state index < -0.39 is 47.1 Å². The summed E-state index contributed by atoms with van der Waals surface area (Å²) in [5, 5.41) is 7.90. The number of ether oxygens (including phenoxy) is 2. The first-order valence-electron chi connectivity index (χ1n) is 13.2. The highest BCUT2D eigenvalue weighted by Crippen LogP contribution is 2.18. The van der Waals surface area contributed by atoms with Crippen LogP contribution in [0.25, 0.3) is 0 Å². The molecule has 4 amide bonds. The van der Waals surface area contributed by atoms with Gasteiger partial charge in [-0.3, -0.25) is 9.59 Å². The Morgan fingerprint density at radius 3 is 2.07 bits per heavy atom.